The average Bonchev–Trinajstić information content (AvgIpc) is 2.39. The fourth-order valence-electron chi connectivity index (χ4n) is 2.35. The quantitative estimate of drug-likeness (QED) is 0.619. The number of nitro benzene ring substituents is 1. The Morgan fingerprint density at radius 1 is 1.42 bits per heavy atom. The maximum absolute atomic E-state index is 10.7. The Morgan fingerprint density at radius 2 is 2.11 bits per heavy atom. The van der Waals surface area contributed by atoms with Crippen LogP contribution in [0.5, 0.6) is 5.75 Å². The van der Waals surface area contributed by atoms with Gasteiger partial charge in [0, 0.05) is 12.1 Å². The molecule has 0 unspecified atom stereocenters. The monoisotopic (exact) mass is 264 g/mol. The van der Waals surface area contributed by atoms with Crippen molar-refractivity contribution in [3.05, 3.63) is 33.9 Å². The molecule has 0 atom stereocenters. The molecule has 1 aromatic rings. The fourth-order valence-corrected chi connectivity index (χ4v) is 2.35. The van der Waals surface area contributed by atoms with Gasteiger partial charge in [-0.3, -0.25) is 10.1 Å². The van der Waals surface area contributed by atoms with E-state index in [0.29, 0.717) is 12.5 Å². The van der Waals surface area contributed by atoms with Gasteiger partial charge < -0.3 is 9.64 Å². The number of non-ortho nitro benzene ring substituents is 1. The zero-order valence-electron chi connectivity index (χ0n) is 11.5. The summed E-state index contributed by atoms with van der Waals surface area (Å²) in [5.41, 5.74) is 0.936. The molecule has 0 amide bonds. The van der Waals surface area contributed by atoms with Gasteiger partial charge in [0.1, 0.15) is 5.75 Å². The van der Waals surface area contributed by atoms with Gasteiger partial charge in [0.05, 0.1) is 11.5 Å². The molecule has 0 radical (unpaired) electrons. The lowest BCUT2D eigenvalue weighted by atomic mass is 9.98. The number of rotatable bonds is 4. The van der Waals surface area contributed by atoms with E-state index in [1.165, 1.54) is 6.07 Å². The minimum Gasteiger partial charge on any atom is -0.493 e. The molecule has 1 fully saturated rings. The van der Waals surface area contributed by atoms with Crippen molar-refractivity contribution in [2.45, 2.75) is 19.8 Å². The lowest BCUT2D eigenvalue weighted by molar-refractivity contribution is -0.384. The van der Waals surface area contributed by atoms with Crippen LogP contribution < -0.4 is 4.74 Å². The van der Waals surface area contributed by atoms with Gasteiger partial charge in [0.2, 0.25) is 0 Å². The summed E-state index contributed by atoms with van der Waals surface area (Å²) < 4.78 is 5.81. The SMILES string of the molecule is Cc1cc([N+](=O)[O-])ccc1OCC1CCN(C)CC1. The zero-order valence-corrected chi connectivity index (χ0v) is 11.5. The predicted molar refractivity (Wildman–Crippen MR) is 73.5 cm³/mol. The highest BCUT2D eigenvalue weighted by Crippen LogP contribution is 2.25. The van der Waals surface area contributed by atoms with Crippen LogP contribution in [-0.4, -0.2) is 36.6 Å². The Hall–Kier alpha value is -1.62. The van der Waals surface area contributed by atoms with Gasteiger partial charge in [-0.15, -0.1) is 0 Å². The second-order valence-electron chi connectivity index (χ2n) is 5.26. The maximum atomic E-state index is 10.7. The zero-order chi connectivity index (χ0) is 13.8. The first-order valence-electron chi connectivity index (χ1n) is 6.62. The third-order valence-corrected chi connectivity index (χ3v) is 3.68. The van der Waals surface area contributed by atoms with Crippen molar-refractivity contribution in [1.29, 1.82) is 0 Å². The fraction of sp³-hybridized carbons (Fsp3) is 0.571. The van der Waals surface area contributed by atoms with Crippen LogP contribution in [0.1, 0.15) is 18.4 Å². The van der Waals surface area contributed by atoms with E-state index < -0.39 is 0 Å². The number of nitro groups is 1. The number of benzene rings is 1. The summed E-state index contributed by atoms with van der Waals surface area (Å²) in [6.45, 7) is 4.78. The highest BCUT2D eigenvalue weighted by molar-refractivity contribution is 5.42. The lowest BCUT2D eigenvalue weighted by Gasteiger charge is -2.28. The summed E-state index contributed by atoms with van der Waals surface area (Å²) in [5.74, 6) is 1.34. The molecule has 1 aliphatic rings. The molecular formula is C14H20N2O3. The predicted octanol–water partition coefficient (Wildman–Crippen LogP) is 2.62. The van der Waals surface area contributed by atoms with Crippen molar-refractivity contribution in [3.63, 3.8) is 0 Å². The summed E-state index contributed by atoms with van der Waals surface area (Å²) in [7, 11) is 2.14. The van der Waals surface area contributed by atoms with E-state index in [1.807, 2.05) is 6.92 Å². The first-order chi connectivity index (χ1) is 9.06. The molecular weight excluding hydrogens is 244 g/mol. The van der Waals surface area contributed by atoms with Gasteiger partial charge in [-0.25, -0.2) is 0 Å². The molecule has 2 rings (SSSR count). The van der Waals surface area contributed by atoms with Crippen molar-refractivity contribution in [2.24, 2.45) is 5.92 Å². The van der Waals surface area contributed by atoms with Crippen LogP contribution >= 0.6 is 0 Å². The lowest BCUT2D eigenvalue weighted by Crippen LogP contribution is -2.32. The topological polar surface area (TPSA) is 55.6 Å². The Kier molecular flexibility index (Phi) is 4.37. The number of piperidine rings is 1. The van der Waals surface area contributed by atoms with E-state index >= 15 is 0 Å². The van der Waals surface area contributed by atoms with E-state index in [1.54, 1.807) is 12.1 Å². The van der Waals surface area contributed by atoms with Crippen LogP contribution in [0.15, 0.2) is 18.2 Å². The van der Waals surface area contributed by atoms with Crippen LogP contribution in [0.4, 0.5) is 5.69 Å². The maximum Gasteiger partial charge on any atom is 0.269 e. The van der Waals surface area contributed by atoms with Crippen LogP contribution in [0.2, 0.25) is 0 Å². The van der Waals surface area contributed by atoms with Crippen molar-refractivity contribution in [3.8, 4) is 5.75 Å². The van der Waals surface area contributed by atoms with Crippen LogP contribution in [0.25, 0.3) is 0 Å². The van der Waals surface area contributed by atoms with Gasteiger partial charge in [-0.05, 0) is 57.5 Å². The second-order valence-corrected chi connectivity index (χ2v) is 5.26. The number of aryl methyl sites for hydroxylation is 1. The molecule has 5 heteroatoms. The Bertz CT molecular complexity index is 454. The second kappa shape index (κ2) is 6.02. The molecule has 5 nitrogen and oxygen atoms in total. The van der Waals surface area contributed by atoms with E-state index in [9.17, 15) is 10.1 Å². The van der Waals surface area contributed by atoms with Crippen molar-refractivity contribution in [2.75, 3.05) is 26.7 Å². The van der Waals surface area contributed by atoms with E-state index in [4.69, 9.17) is 4.74 Å². The average molecular weight is 264 g/mol. The molecule has 0 saturated carbocycles. The van der Waals surface area contributed by atoms with Crippen LogP contribution in [0, 0.1) is 23.0 Å². The molecule has 0 spiro atoms. The minimum atomic E-state index is -0.381. The number of hydrogen-bond acceptors (Lipinski definition) is 4. The standard InChI is InChI=1S/C14H20N2O3/c1-11-9-13(16(17)18)3-4-14(11)19-10-12-5-7-15(2)8-6-12/h3-4,9,12H,5-8,10H2,1-2H3. The third-order valence-electron chi connectivity index (χ3n) is 3.68. The number of ether oxygens (including phenoxy) is 1. The van der Waals surface area contributed by atoms with Gasteiger partial charge in [0.25, 0.3) is 5.69 Å². The Balaban J connectivity index is 1.91. The smallest absolute Gasteiger partial charge is 0.269 e. The summed E-state index contributed by atoms with van der Waals surface area (Å²) in [6.07, 6.45) is 2.31. The summed E-state index contributed by atoms with van der Waals surface area (Å²) in [6, 6.07) is 4.75. The Labute approximate surface area is 113 Å². The molecule has 1 saturated heterocycles. The number of nitrogens with zero attached hydrogens (tertiary/aromatic N) is 2. The van der Waals surface area contributed by atoms with E-state index in [2.05, 4.69) is 11.9 Å². The summed E-state index contributed by atoms with van der Waals surface area (Å²) >= 11 is 0. The minimum absolute atomic E-state index is 0.115. The number of hydrogen-bond donors (Lipinski definition) is 0. The van der Waals surface area contributed by atoms with Gasteiger partial charge in [-0.2, -0.15) is 0 Å². The Morgan fingerprint density at radius 3 is 2.68 bits per heavy atom. The normalized spacial score (nSPS) is 17.4. The first-order valence-corrected chi connectivity index (χ1v) is 6.62. The largest absolute Gasteiger partial charge is 0.493 e. The van der Waals surface area contributed by atoms with Gasteiger partial charge >= 0.3 is 0 Å². The molecule has 0 aromatic heterocycles. The van der Waals surface area contributed by atoms with E-state index in [0.717, 1.165) is 37.2 Å². The first kappa shape index (κ1) is 13.8. The molecule has 1 aliphatic heterocycles. The van der Waals surface area contributed by atoms with Crippen molar-refractivity contribution >= 4 is 5.69 Å². The molecule has 104 valence electrons. The van der Waals surface area contributed by atoms with Crippen LogP contribution in [0.3, 0.4) is 0 Å². The molecule has 0 N–H and O–H groups in total. The molecule has 19 heavy (non-hydrogen) atoms. The summed E-state index contributed by atoms with van der Waals surface area (Å²) in [5, 5.41) is 10.7. The molecule has 1 aromatic carbocycles. The van der Waals surface area contributed by atoms with Gasteiger partial charge in [0.15, 0.2) is 0 Å². The highest BCUT2D eigenvalue weighted by Gasteiger charge is 2.17. The number of likely N-dealkylation sites (tertiary alicyclic amines) is 1. The van der Waals surface area contributed by atoms with Crippen molar-refractivity contribution in [1.82, 2.24) is 4.90 Å². The molecule has 0 bridgehead atoms. The van der Waals surface area contributed by atoms with E-state index in [-0.39, 0.29) is 10.6 Å². The molecule has 0 aliphatic carbocycles. The van der Waals surface area contributed by atoms with Crippen molar-refractivity contribution < 1.29 is 9.66 Å². The highest BCUT2D eigenvalue weighted by atomic mass is 16.6. The summed E-state index contributed by atoms with van der Waals surface area (Å²) in [4.78, 5) is 12.6. The van der Waals surface area contributed by atoms with Crippen LogP contribution in [-0.2, 0) is 0 Å². The molecule has 1 heterocycles. The third kappa shape index (κ3) is 3.67. The van der Waals surface area contributed by atoms with Gasteiger partial charge in [-0.1, -0.05) is 0 Å².